The van der Waals surface area contributed by atoms with E-state index in [0.717, 1.165) is 24.5 Å². The van der Waals surface area contributed by atoms with E-state index in [9.17, 15) is 9.83 Å². The van der Waals surface area contributed by atoms with Crippen LogP contribution in [0.3, 0.4) is 0 Å². The molecule has 1 unspecified atom stereocenters. The molecular weight excluding hydrogens is 437 g/mol. The molecule has 0 amide bonds. The summed E-state index contributed by atoms with van der Waals surface area (Å²) in [6, 6.07) is 11.4. The van der Waals surface area contributed by atoms with E-state index < -0.39 is 7.14 Å². The number of nitrogens with one attached hydrogen (secondary N) is 2. The van der Waals surface area contributed by atoms with Crippen molar-refractivity contribution in [3.63, 3.8) is 0 Å². The minimum absolute atomic E-state index is 0.278. The van der Waals surface area contributed by atoms with E-state index in [1.165, 1.54) is 17.3 Å². The Kier molecular flexibility index (Phi) is 5.28. The molecular formula is C23H24N7O2P. The fraction of sp³-hybridized carbons (Fsp3) is 0.304. The van der Waals surface area contributed by atoms with Gasteiger partial charge in [0.25, 0.3) is 0 Å². The van der Waals surface area contributed by atoms with Crippen molar-refractivity contribution in [1.82, 2.24) is 19.9 Å². The molecule has 4 heterocycles. The lowest BCUT2D eigenvalue weighted by Gasteiger charge is -2.28. The van der Waals surface area contributed by atoms with E-state index in [1.54, 1.807) is 31.5 Å². The maximum Gasteiger partial charge on any atom is 0.229 e. The monoisotopic (exact) mass is 461 g/mol. The van der Waals surface area contributed by atoms with E-state index >= 15 is 0 Å². The average molecular weight is 461 g/mol. The van der Waals surface area contributed by atoms with Crippen LogP contribution in [0.5, 0.6) is 5.75 Å². The Morgan fingerprint density at radius 1 is 1.24 bits per heavy atom. The van der Waals surface area contributed by atoms with Crippen molar-refractivity contribution in [3.8, 4) is 11.8 Å². The van der Waals surface area contributed by atoms with E-state index in [1.807, 2.05) is 6.07 Å². The van der Waals surface area contributed by atoms with Gasteiger partial charge in [-0.05, 0) is 44.1 Å². The summed E-state index contributed by atoms with van der Waals surface area (Å²) in [7, 11) is -0.407. The Labute approximate surface area is 192 Å². The van der Waals surface area contributed by atoms with Crippen LogP contribution >= 0.6 is 7.14 Å². The molecule has 10 heteroatoms. The number of hydrogen-bond acceptors (Lipinski definition) is 9. The number of nitriles is 1. The zero-order chi connectivity index (χ0) is 23.2. The van der Waals surface area contributed by atoms with Crippen molar-refractivity contribution >= 4 is 35.8 Å². The van der Waals surface area contributed by atoms with Crippen LogP contribution in [-0.2, 0) is 11.1 Å². The van der Waals surface area contributed by atoms with E-state index in [-0.39, 0.29) is 5.56 Å². The molecule has 5 rings (SSSR count). The first-order chi connectivity index (χ1) is 15.8. The van der Waals surface area contributed by atoms with E-state index in [0.29, 0.717) is 35.5 Å². The summed E-state index contributed by atoms with van der Waals surface area (Å²) < 4.78 is 18.3. The molecule has 0 fully saturated rings. The van der Waals surface area contributed by atoms with Crippen molar-refractivity contribution in [2.24, 2.45) is 0 Å². The maximum atomic E-state index is 12.4. The highest BCUT2D eigenvalue weighted by Gasteiger charge is 2.32. The Balaban J connectivity index is 1.44. The van der Waals surface area contributed by atoms with Gasteiger partial charge in [0.15, 0.2) is 5.82 Å². The molecule has 168 valence electrons. The molecule has 2 aromatic heterocycles. The van der Waals surface area contributed by atoms with Gasteiger partial charge in [0, 0.05) is 36.3 Å². The standard InChI is InChI=1S/C23H24N7O2P/c1-30-11-14-7-17(8-18-21(14)16(12-30)13-32-18)26-23-25-10-15(9-24)22(29-23)28-19-5-4-6-20(27-19)33(2,3)31/h4-8,10,16H,11-13H2,1-3H3,(H2,25,26,27,28,29). The second kappa shape index (κ2) is 8.14. The van der Waals surface area contributed by atoms with Gasteiger partial charge < -0.3 is 24.8 Å². The second-order valence-corrected chi connectivity index (χ2v) is 12.0. The summed E-state index contributed by atoms with van der Waals surface area (Å²) in [6.45, 7) is 5.90. The Bertz CT molecular complexity index is 1330. The number of pyridine rings is 1. The van der Waals surface area contributed by atoms with Gasteiger partial charge in [-0.15, -0.1) is 0 Å². The maximum absolute atomic E-state index is 12.4. The lowest BCUT2D eigenvalue weighted by molar-refractivity contribution is 0.251. The Morgan fingerprint density at radius 2 is 2.09 bits per heavy atom. The fourth-order valence-corrected chi connectivity index (χ4v) is 5.08. The third kappa shape index (κ3) is 4.28. The smallest absolute Gasteiger partial charge is 0.229 e. The lowest BCUT2D eigenvalue weighted by Crippen LogP contribution is -2.30. The predicted molar refractivity (Wildman–Crippen MR) is 128 cm³/mol. The van der Waals surface area contributed by atoms with Gasteiger partial charge in [-0.25, -0.2) is 9.97 Å². The molecule has 2 N–H and O–H groups in total. The van der Waals surface area contributed by atoms with Crippen LogP contribution in [0, 0.1) is 11.3 Å². The molecule has 1 atom stereocenters. The number of aromatic nitrogens is 3. The molecule has 1 aromatic carbocycles. The highest BCUT2D eigenvalue weighted by Crippen LogP contribution is 2.42. The van der Waals surface area contributed by atoms with Gasteiger partial charge in [-0.2, -0.15) is 10.2 Å². The minimum Gasteiger partial charge on any atom is -0.493 e. The van der Waals surface area contributed by atoms with Gasteiger partial charge in [-0.3, -0.25) is 0 Å². The van der Waals surface area contributed by atoms with Gasteiger partial charge >= 0.3 is 0 Å². The topological polar surface area (TPSA) is 116 Å². The molecule has 0 aliphatic carbocycles. The summed E-state index contributed by atoms with van der Waals surface area (Å²) in [5.74, 6) is 2.44. The number of anilines is 4. The number of nitrogens with zero attached hydrogens (tertiary/aromatic N) is 5. The largest absolute Gasteiger partial charge is 0.493 e. The van der Waals surface area contributed by atoms with Crippen molar-refractivity contribution in [2.45, 2.75) is 12.5 Å². The molecule has 0 spiro atoms. The minimum atomic E-state index is -2.52. The first-order valence-electron chi connectivity index (χ1n) is 10.6. The predicted octanol–water partition coefficient (Wildman–Crippen LogP) is 3.40. The number of benzene rings is 1. The molecule has 33 heavy (non-hydrogen) atoms. The summed E-state index contributed by atoms with van der Waals surface area (Å²) in [4.78, 5) is 15.5. The van der Waals surface area contributed by atoms with Crippen LogP contribution in [0.2, 0.25) is 0 Å². The molecule has 0 saturated carbocycles. The molecule has 9 nitrogen and oxygen atoms in total. The van der Waals surface area contributed by atoms with Crippen LogP contribution in [0.4, 0.5) is 23.3 Å². The van der Waals surface area contributed by atoms with Crippen molar-refractivity contribution in [3.05, 3.63) is 53.2 Å². The van der Waals surface area contributed by atoms with Crippen LogP contribution < -0.4 is 20.8 Å². The van der Waals surface area contributed by atoms with E-state index in [4.69, 9.17) is 4.74 Å². The highest BCUT2D eigenvalue weighted by molar-refractivity contribution is 7.69. The van der Waals surface area contributed by atoms with Crippen molar-refractivity contribution in [2.75, 3.05) is 44.2 Å². The van der Waals surface area contributed by atoms with Crippen LogP contribution in [-0.4, -0.2) is 53.4 Å². The van der Waals surface area contributed by atoms with Crippen LogP contribution in [0.1, 0.15) is 22.6 Å². The van der Waals surface area contributed by atoms with Crippen LogP contribution in [0.15, 0.2) is 36.5 Å². The summed E-state index contributed by atoms with van der Waals surface area (Å²) in [6.07, 6.45) is 1.46. The quantitative estimate of drug-likeness (QED) is 0.552. The highest BCUT2D eigenvalue weighted by atomic mass is 31.2. The fourth-order valence-electron chi connectivity index (χ4n) is 4.28. The summed E-state index contributed by atoms with van der Waals surface area (Å²) in [5.41, 5.74) is 4.16. The normalized spacial score (nSPS) is 17.1. The number of hydrogen-bond donors (Lipinski definition) is 2. The van der Waals surface area contributed by atoms with Gasteiger partial charge in [-0.1, -0.05) is 6.07 Å². The Hall–Kier alpha value is -3.47. The number of rotatable bonds is 5. The zero-order valence-corrected chi connectivity index (χ0v) is 19.6. The summed E-state index contributed by atoms with van der Waals surface area (Å²) >= 11 is 0. The molecule has 0 saturated heterocycles. The van der Waals surface area contributed by atoms with E-state index in [2.05, 4.69) is 49.7 Å². The number of likely N-dealkylation sites (N-methyl/N-ethyl adjacent to an activating group) is 1. The Morgan fingerprint density at radius 3 is 2.88 bits per heavy atom. The molecule has 0 radical (unpaired) electrons. The first kappa shape index (κ1) is 21.4. The van der Waals surface area contributed by atoms with Crippen molar-refractivity contribution in [1.29, 1.82) is 5.26 Å². The molecule has 2 aliphatic rings. The first-order valence-corrected chi connectivity index (χ1v) is 13.2. The molecule has 2 aliphatic heterocycles. The molecule has 0 bridgehead atoms. The lowest BCUT2D eigenvalue weighted by atomic mass is 9.91. The summed E-state index contributed by atoms with van der Waals surface area (Å²) in [5, 5.41) is 15.8. The third-order valence-electron chi connectivity index (χ3n) is 5.75. The third-order valence-corrected chi connectivity index (χ3v) is 7.10. The molecule has 3 aromatic rings. The average Bonchev–Trinajstić information content (AvgIpc) is 3.17. The van der Waals surface area contributed by atoms with Crippen LogP contribution in [0.25, 0.3) is 0 Å². The van der Waals surface area contributed by atoms with Gasteiger partial charge in [0.1, 0.15) is 35.8 Å². The zero-order valence-electron chi connectivity index (χ0n) is 18.7. The second-order valence-electron chi connectivity index (χ2n) is 8.80. The SMILES string of the molecule is CN1Cc2cc(Nc3ncc(C#N)c(Nc4cccc(P(C)(C)=O)n4)n3)cc3c2C(CO3)C1. The van der Waals surface area contributed by atoms with Crippen molar-refractivity contribution < 1.29 is 9.30 Å². The van der Waals surface area contributed by atoms with Gasteiger partial charge in [0.2, 0.25) is 5.95 Å². The van der Waals surface area contributed by atoms with Gasteiger partial charge in [0.05, 0.1) is 12.8 Å². The number of ether oxygens (including phenoxy) is 1.